The van der Waals surface area contributed by atoms with E-state index in [0.717, 1.165) is 5.76 Å². The van der Waals surface area contributed by atoms with E-state index in [-0.39, 0.29) is 10.9 Å². The van der Waals surface area contributed by atoms with Crippen LogP contribution in [0, 0.1) is 6.92 Å². The number of aliphatic hydroxyl groups is 1. The Labute approximate surface area is 115 Å². The van der Waals surface area contributed by atoms with Gasteiger partial charge < -0.3 is 19.6 Å². The summed E-state index contributed by atoms with van der Waals surface area (Å²) in [6, 6.07) is 1.81. The molecule has 1 aliphatic rings. The molecule has 19 heavy (non-hydrogen) atoms. The van der Waals surface area contributed by atoms with Gasteiger partial charge >= 0.3 is 5.97 Å². The standard InChI is InChI=1S/C8H11NO3S.C4H5NO/c1-5(8(11)12)6(10)7-9(2)3-4-13-7;1-4-2-3-5-6-4/h3-4,6-7,10H,1H2,2H3,(H,11,12);2-3H,1H3. The lowest BCUT2D eigenvalue weighted by molar-refractivity contribution is -0.133. The van der Waals surface area contributed by atoms with Crippen molar-refractivity contribution >= 4 is 17.7 Å². The highest BCUT2D eigenvalue weighted by atomic mass is 32.2. The first-order valence-electron chi connectivity index (χ1n) is 5.45. The smallest absolute Gasteiger partial charge is 0.333 e. The normalized spacial score (nSPS) is 18.7. The van der Waals surface area contributed by atoms with E-state index in [4.69, 9.17) is 5.11 Å². The highest BCUT2D eigenvalue weighted by Crippen LogP contribution is 2.28. The van der Waals surface area contributed by atoms with Crippen LogP contribution >= 0.6 is 11.8 Å². The van der Waals surface area contributed by atoms with Crippen molar-refractivity contribution < 1.29 is 19.5 Å². The Morgan fingerprint density at radius 3 is 2.68 bits per heavy atom. The Balaban J connectivity index is 0.000000250. The molecule has 0 radical (unpaired) electrons. The van der Waals surface area contributed by atoms with Crippen molar-refractivity contribution in [3.63, 3.8) is 0 Å². The molecule has 2 atom stereocenters. The first kappa shape index (κ1) is 15.3. The number of aromatic nitrogens is 1. The summed E-state index contributed by atoms with van der Waals surface area (Å²) >= 11 is 1.38. The summed E-state index contributed by atoms with van der Waals surface area (Å²) in [6.45, 7) is 5.17. The molecule has 0 bridgehead atoms. The first-order chi connectivity index (χ1) is 8.93. The second-order valence-corrected chi connectivity index (χ2v) is 4.90. The molecule has 1 aliphatic heterocycles. The molecule has 104 valence electrons. The van der Waals surface area contributed by atoms with Crippen LogP contribution in [0.25, 0.3) is 0 Å². The molecule has 6 nitrogen and oxygen atoms in total. The number of hydrogen-bond donors (Lipinski definition) is 2. The lowest BCUT2D eigenvalue weighted by Crippen LogP contribution is -2.36. The average Bonchev–Trinajstić information content (AvgIpc) is 2.99. The summed E-state index contributed by atoms with van der Waals surface area (Å²) in [4.78, 5) is 12.2. The van der Waals surface area contributed by atoms with Crippen molar-refractivity contribution in [2.75, 3.05) is 7.05 Å². The van der Waals surface area contributed by atoms with Gasteiger partial charge in [-0.15, -0.1) is 11.8 Å². The Bertz CT molecular complexity index is 458. The molecule has 2 heterocycles. The fraction of sp³-hybridized carbons (Fsp3) is 0.333. The molecule has 1 aromatic heterocycles. The van der Waals surface area contributed by atoms with E-state index < -0.39 is 12.1 Å². The van der Waals surface area contributed by atoms with E-state index in [1.54, 1.807) is 30.4 Å². The van der Waals surface area contributed by atoms with Crippen molar-refractivity contribution in [1.29, 1.82) is 0 Å². The van der Waals surface area contributed by atoms with Gasteiger partial charge in [0.25, 0.3) is 0 Å². The summed E-state index contributed by atoms with van der Waals surface area (Å²) in [6.07, 6.45) is 2.37. The molecule has 0 aromatic carbocycles. The number of aliphatic carboxylic acids is 1. The van der Waals surface area contributed by atoms with Crippen molar-refractivity contribution in [3.05, 3.63) is 41.8 Å². The number of thioether (sulfide) groups is 1. The van der Waals surface area contributed by atoms with Crippen molar-refractivity contribution in [3.8, 4) is 0 Å². The van der Waals surface area contributed by atoms with Gasteiger partial charge in [-0.3, -0.25) is 0 Å². The van der Waals surface area contributed by atoms with Gasteiger partial charge in [-0.25, -0.2) is 4.79 Å². The molecule has 0 aliphatic carbocycles. The van der Waals surface area contributed by atoms with Gasteiger partial charge in [0.2, 0.25) is 0 Å². The minimum Gasteiger partial charge on any atom is -0.478 e. The minimum atomic E-state index is -1.16. The Hall–Kier alpha value is -1.73. The largest absolute Gasteiger partial charge is 0.478 e. The lowest BCUT2D eigenvalue weighted by atomic mass is 10.1. The molecule has 0 amide bonds. The number of hydrogen-bond acceptors (Lipinski definition) is 6. The molecule has 0 saturated heterocycles. The monoisotopic (exact) mass is 284 g/mol. The van der Waals surface area contributed by atoms with Gasteiger partial charge in [0.05, 0.1) is 11.8 Å². The SMILES string of the molecule is C=C(C(=O)O)C(O)C1SC=CN1C.Cc1ccno1. The zero-order valence-electron chi connectivity index (χ0n) is 10.7. The third kappa shape index (κ3) is 4.46. The fourth-order valence-electron chi connectivity index (χ4n) is 1.27. The Morgan fingerprint density at radius 2 is 2.37 bits per heavy atom. The summed E-state index contributed by atoms with van der Waals surface area (Å²) in [5.74, 6) is -0.302. The van der Waals surface area contributed by atoms with E-state index >= 15 is 0 Å². The molecule has 1 aromatic rings. The molecular formula is C12H16N2O4S. The highest BCUT2D eigenvalue weighted by Gasteiger charge is 2.29. The third-order valence-electron chi connectivity index (χ3n) is 2.38. The van der Waals surface area contributed by atoms with Crippen LogP contribution in [-0.4, -0.2) is 44.8 Å². The van der Waals surface area contributed by atoms with Gasteiger partial charge in [0.15, 0.2) is 0 Å². The van der Waals surface area contributed by atoms with Gasteiger partial charge in [-0.1, -0.05) is 11.7 Å². The van der Waals surface area contributed by atoms with E-state index in [9.17, 15) is 9.90 Å². The number of carboxylic acids is 1. The van der Waals surface area contributed by atoms with Crippen LogP contribution in [0.4, 0.5) is 0 Å². The maximum atomic E-state index is 10.5. The predicted octanol–water partition coefficient (Wildman–Crippen LogP) is 1.45. The van der Waals surface area contributed by atoms with Crippen LogP contribution in [0.2, 0.25) is 0 Å². The number of nitrogens with zero attached hydrogens (tertiary/aromatic N) is 2. The van der Waals surface area contributed by atoms with Gasteiger partial charge in [0, 0.05) is 19.3 Å². The maximum Gasteiger partial charge on any atom is 0.333 e. The number of carboxylic acid groups (broad SMARTS) is 1. The number of aryl methyl sites for hydroxylation is 1. The zero-order chi connectivity index (χ0) is 14.4. The topological polar surface area (TPSA) is 86.8 Å². The quantitative estimate of drug-likeness (QED) is 0.812. The molecular weight excluding hydrogens is 268 g/mol. The molecule has 7 heteroatoms. The molecule has 0 saturated carbocycles. The van der Waals surface area contributed by atoms with Gasteiger partial charge in [-0.2, -0.15) is 0 Å². The summed E-state index contributed by atoms with van der Waals surface area (Å²) in [5.41, 5.74) is -0.173. The first-order valence-corrected chi connectivity index (χ1v) is 6.39. The molecule has 0 spiro atoms. The minimum absolute atomic E-state index is 0.173. The highest BCUT2D eigenvalue weighted by molar-refractivity contribution is 8.02. The van der Waals surface area contributed by atoms with E-state index in [1.807, 2.05) is 12.3 Å². The summed E-state index contributed by atoms with van der Waals surface area (Å²) in [7, 11) is 1.78. The number of carbonyl (C=O) groups is 1. The molecule has 2 N–H and O–H groups in total. The fourth-order valence-corrected chi connectivity index (χ4v) is 2.27. The number of likely N-dealkylation sites (N-methyl/N-ethyl adjacent to an activating group) is 1. The third-order valence-corrected chi connectivity index (χ3v) is 3.53. The van der Waals surface area contributed by atoms with Crippen LogP contribution in [0.15, 0.2) is 40.5 Å². The number of rotatable bonds is 3. The van der Waals surface area contributed by atoms with E-state index in [0.29, 0.717) is 0 Å². The predicted molar refractivity (Wildman–Crippen MR) is 72.3 cm³/mol. The van der Waals surface area contributed by atoms with Crippen LogP contribution in [0.5, 0.6) is 0 Å². The Kier molecular flexibility index (Phi) is 5.65. The van der Waals surface area contributed by atoms with Gasteiger partial charge in [-0.05, 0) is 12.3 Å². The molecule has 2 unspecified atom stereocenters. The van der Waals surface area contributed by atoms with Crippen LogP contribution in [0.1, 0.15) is 5.76 Å². The lowest BCUT2D eigenvalue weighted by Gasteiger charge is -2.24. The van der Waals surface area contributed by atoms with Crippen LogP contribution < -0.4 is 0 Å². The van der Waals surface area contributed by atoms with Crippen molar-refractivity contribution in [2.24, 2.45) is 0 Å². The van der Waals surface area contributed by atoms with Crippen molar-refractivity contribution in [2.45, 2.75) is 18.4 Å². The average molecular weight is 284 g/mol. The second-order valence-electron chi connectivity index (χ2n) is 3.88. The second kappa shape index (κ2) is 7.01. The number of aliphatic hydroxyl groups excluding tert-OH is 1. The summed E-state index contributed by atoms with van der Waals surface area (Å²) in [5, 5.41) is 23.1. The van der Waals surface area contributed by atoms with Gasteiger partial charge in [0.1, 0.15) is 17.2 Å². The maximum absolute atomic E-state index is 10.5. The van der Waals surface area contributed by atoms with Crippen LogP contribution in [0.3, 0.4) is 0 Å². The van der Waals surface area contributed by atoms with E-state index in [2.05, 4.69) is 16.3 Å². The van der Waals surface area contributed by atoms with Crippen LogP contribution in [-0.2, 0) is 4.79 Å². The van der Waals surface area contributed by atoms with Crippen molar-refractivity contribution in [1.82, 2.24) is 10.1 Å². The molecule has 0 fully saturated rings. The molecule has 2 rings (SSSR count). The zero-order valence-corrected chi connectivity index (χ0v) is 11.5. The Morgan fingerprint density at radius 1 is 1.68 bits per heavy atom. The summed E-state index contributed by atoms with van der Waals surface area (Å²) < 4.78 is 4.58. The van der Waals surface area contributed by atoms with E-state index in [1.165, 1.54) is 11.8 Å².